The Labute approximate surface area is 126 Å². The van der Waals surface area contributed by atoms with Gasteiger partial charge in [0.2, 0.25) is 0 Å². The van der Waals surface area contributed by atoms with Gasteiger partial charge < -0.3 is 14.2 Å². The lowest BCUT2D eigenvalue weighted by atomic mass is 9.76. The van der Waals surface area contributed by atoms with Crippen LogP contribution in [0.5, 0.6) is 11.5 Å². The molecule has 1 fully saturated rings. The molecular formula is C16H26N2O3. The second kappa shape index (κ2) is 7.11. The summed E-state index contributed by atoms with van der Waals surface area (Å²) in [4.78, 5) is 0. The van der Waals surface area contributed by atoms with Gasteiger partial charge in [0.1, 0.15) is 11.5 Å². The Morgan fingerprint density at radius 1 is 1.10 bits per heavy atom. The highest BCUT2D eigenvalue weighted by atomic mass is 16.5. The van der Waals surface area contributed by atoms with Crippen LogP contribution in [0.3, 0.4) is 0 Å². The lowest BCUT2D eigenvalue weighted by Crippen LogP contribution is -2.49. The predicted molar refractivity (Wildman–Crippen MR) is 82.4 cm³/mol. The average molecular weight is 294 g/mol. The highest BCUT2D eigenvalue weighted by Crippen LogP contribution is 2.44. The van der Waals surface area contributed by atoms with Gasteiger partial charge in [0.15, 0.2) is 0 Å². The van der Waals surface area contributed by atoms with Gasteiger partial charge >= 0.3 is 0 Å². The second-order valence-corrected chi connectivity index (χ2v) is 5.54. The van der Waals surface area contributed by atoms with Crippen molar-refractivity contribution in [2.24, 2.45) is 5.84 Å². The minimum atomic E-state index is -0.299. The molecule has 118 valence electrons. The van der Waals surface area contributed by atoms with Gasteiger partial charge in [-0.3, -0.25) is 5.84 Å². The Morgan fingerprint density at radius 3 is 2.33 bits per heavy atom. The van der Waals surface area contributed by atoms with Crippen molar-refractivity contribution in [2.75, 3.05) is 21.3 Å². The van der Waals surface area contributed by atoms with E-state index in [-0.39, 0.29) is 11.6 Å². The first kappa shape index (κ1) is 16.1. The van der Waals surface area contributed by atoms with Crippen molar-refractivity contribution in [3.8, 4) is 11.5 Å². The summed E-state index contributed by atoms with van der Waals surface area (Å²) in [5.41, 5.74) is 3.62. The van der Waals surface area contributed by atoms with Crippen LogP contribution in [0.2, 0.25) is 0 Å². The summed E-state index contributed by atoms with van der Waals surface area (Å²) in [6, 6.07) is 5.63. The molecule has 1 aromatic rings. The Kier molecular flexibility index (Phi) is 5.45. The molecule has 1 aliphatic carbocycles. The van der Waals surface area contributed by atoms with Gasteiger partial charge in [-0.05, 0) is 31.0 Å². The maximum Gasteiger partial charge on any atom is 0.124 e. The Morgan fingerprint density at radius 2 is 1.81 bits per heavy atom. The van der Waals surface area contributed by atoms with E-state index in [0.29, 0.717) is 0 Å². The largest absolute Gasteiger partial charge is 0.497 e. The van der Waals surface area contributed by atoms with Gasteiger partial charge in [0, 0.05) is 12.7 Å². The number of rotatable bonds is 6. The molecule has 1 atom stereocenters. The van der Waals surface area contributed by atoms with Gasteiger partial charge in [-0.1, -0.05) is 19.3 Å². The molecule has 0 aromatic heterocycles. The third kappa shape index (κ3) is 3.15. The molecule has 0 amide bonds. The molecule has 1 saturated carbocycles. The van der Waals surface area contributed by atoms with Gasteiger partial charge in [-0.15, -0.1) is 0 Å². The first-order chi connectivity index (χ1) is 10.2. The fourth-order valence-electron chi connectivity index (χ4n) is 3.35. The summed E-state index contributed by atoms with van der Waals surface area (Å²) in [6.07, 6.45) is 5.52. The van der Waals surface area contributed by atoms with E-state index >= 15 is 0 Å². The SMILES string of the molecule is COc1ccc(OC)c(C(NN)C2(OC)CCCCC2)c1. The zero-order valence-electron chi connectivity index (χ0n) is 13.1. The Hall–Kier alpha value is -1.30. The zero-order valence-corrected chi connectivity index (χ0v) is 13.1. The van der Waals surface area contributed by atoms with Crippen LogP contribution in [0, 0.1) is 0 Å². The normalized spacial score (nSPS) is 19.0. The molecule has 5 nitrogen and oxygen atoms in total. The third-order valence-electron chi connectivity index (χ3n) is 4.55. The number of hydrogen-bond donors (Lipinski definition) is 2. The van der Waals surface area contributed by atoms with Crippen LogP contribution in [0.25, 0.3) is 0 Å². The van der Waals surface area contributed by atoms with Crippen LogP contribution in [-0.2, 0) is 4.74 Å². The summed E-state index contributed by atoms with van der Waals surface area (Å²) < 4.78 is 16.8. The number of benzene rings is 1. The van der Waals surface area contributed by atoms with E-state index in [1.54, 1.807) is 21.3 Å². The molecule has 5 heteroatoms. The minimum Gasteiger partial charge on any atom is -0.497 e. The van der Waals surface area contributed by atoms with Gasteiger partial charge in [-0.25, -0.2) is 5.43 Å². The van der Waals surface area contributed by atoms with E-state index in [4.69, 9.17) is 20.1 Å². The van der Waals surface area contributed by atoms with Gasteiger partial charge in [0.05, 0.1) is 25.9 Å². The Bertz CT molecular complexity index is 459. The molecule has 1 aliphatic rings. The van der Waals surface area contributed by atoms with E-state index < -0.39 is 0 Å². The molecule has 21 heavy (non-hydrogen) atoms. The van der Waals surface area contributed by atoms with E-state index in [9.17, 15) is 0 Å². The van der Waals surface area contributed by atoms with Crippen molar-refractivity contribution >= 4 is 0 Å². The summed E-state index contributed by atoms with van der Waals surface area (Å²) in [6.45, 7) is 0. The molecule has 0 aliphatic heterocycles. The average Bonchev–Trinajstić information content (AvgIpc) is 2.56. The predicted octanol–water partition coefficient (Wildman–Crippen LogP) is 2.56. The standard InChI is InChI=1S/C16H26N2O3/c1-19-12-7-8-14(20-2)13(11-12)15(18-17)16(21-3)9-5-4-6-10-16/h7-8,11,15,18H,4-6,9-10,17H2,1-3H3. The topological polar surface area (TPSA) is 65.7 Å². The van der Waals surface area contributed by atoms with Crippen molar-refractivity contribution < 1.29 is 14.2 Å². The molecule has 2 rings (SSSR count). The maximum atomic E-state index is 5.92. The van der Waals surface area contributed by atoms with Crippen molar-refractivity contribution in [3.05, 3.63) is 23.8 Å². The van der Waals surface area contributed by atoms with Crippen molar-refractivity contribution in [2.45, 2.75) is 43.7 Å². The first-order valence-electron chi connectivity index (χ1n) is 7.44. The fourth-order valence-corrected chi connectivity index (χ4v) is 3.35. The molecule has 0 saturated heterocycles. The van der Waals surface area contributed by atoms with Crippen molar-refractivity contribution in [1.82, 2.24) is 5.43 Å². The van der Waals surface area contributed by atoms with Gasteiger partial charge in [-0.2, -0.15) is 0 Å². The van der Waals surface area contributed by atoms with E-state index in [1.165, 1.54) is 6.42 Å². The monoisotopic (exact) mass is 294 g/mol. The number of ether oxygens (including phenoxy) is 3. The fraction of sp³-hybridized carbons (Fsp3) is 0.625. The Balaban J connectivity index is 2.43. The van der Waals surface area contributed by atoms with Crippen molar-refractivity contribution in [3.63, 3.8) is 0 Å². The maximum absolute atomic E-state index is 5.92. The lowest BCUT2D eigenvalue weighted by Gasteiger charge is -2.42. The van der Waals surface area contributed by atoms with Crippen LogP contribution < -0.4 is 20.7 Å². The highest BCUT2D eigenvalue weighted by molar-refractivity contribution is 5.43. The summed E-state index contributed by atoms with van der Waals surface area (Å²) in [7, 11) is 5.09. The van der Waals surface area contributed by atoms with E-state index in [0.717, 1.165) is 42.7 Å². The van der Waals surface area contributed by atoms with Crippen LogP contribution in [0.15, 0.2) is 18.2 Å². The summed E-state index contributed by atoms with van der Waals surface area (Å²) >= 11 is 0. The minimum absolute atomic E-state index is 0.132. The van der Waals surface area contributed by atoms with Crippen LogP contribution in [0.1, 0.15) is 43.7 Å². The number of nitrogens with one attached hydrogen (secondary N) is 1. The van der Waals surface area contributed by atoms with E-state index in [1.807, 2.05) is 18.2 Å². The van der Waals surface area contributed by atoms with E-state index in [2.05, 4.69) is 5.43 Å². The molecule has 1 unspecified atom stereocenters. The zero-order chi connectivity index (χ0) is 15.3. The smallest absolute Gasteiger partial charge is 0.124 e. The number of nitrogens with two attached hydrogens (primary N) is 1. The molecule has 3 N–H and O–H groups in total. The van der Waals surface area contributed by atoms with Crippen LogP contribution >= 0.6 is 0 Å². The first-order valence-corrected chi connectivity index (χ1v) is 7.44. The highest BCUT2D eigenvalue weighted by Gasteiger charge is 2.41. The quantitative estimate of drug-likeness (QED) is 0.623. The number of hydrogen-bond acceptors (Lipinski definition) is 5. The third-order valence-corrected chi connectivity index (χ3v) is 4.55. The van der Waals surface area contributed by atoms with Crippen LogP contribution in [0.4, 0.5) is 0 Å². The lowest BCUT2D eigenvalue weighted by molar-refractivity contribution is -0.0693. The number of hydrazine groups is 1. The second-order valence-electron chi connectivity index (χ2n) is 5.54. The molecule has 0 spiro atoms. The summed E-state index contributed by atoms with van der Waals surface area (Å²) in [5.74, 6) is 7.46. The summed E-state index contributed by atoms with van der Waals surface area (Å²) in [5, 5.41) is 0. The van der Waals surface area contributed by atoms with Crippen LogP contribution in [-0.4, -0.2) is 26.9 Å². The molecular weight excluding hydrogens is 268 g/mol. The van der Waals surface area contributed by atoms with Gasteiger partial charge in [0.25, 0.3) is 0 Å². The molecule has 0 bridgehead atoms. The van der Waals surface area contributed by atoms with Crippen molar-refractivity contribution in [1.29, 1.82) is 0 Å². The number of methoxy groups -OCH3 is 3. The molecule has 0 radical (unpaired) electrons. The molecule has 1 aromatic carbocycles. The molecule has 0 heterocycles.